The Morgan fingerprint density at radius 2 is 2.04 bits per heavy atom. The molecule has 1 fully saturated rings. The van der Waals surface area contributed by atoms with Crippen LogP contribution in [0.1, 0.15) is 17.8 Å². The first-order chi connectivity index (χ1) is 13.7. The normalized spacial score (nSPS) is 21.8. The maximum atomic E-state index is 6.35. The number of hydrogen-bond donors (Lipinski definition) is 0. The van der Waals surface area contributed by atoms with Gasteiger partial charge in [0.15, 0.2) is 0 Å². The first-order valence-electron chi connectivity index (χ1n) is 9.69. The Morgan fingerprint density at radius 1 is 1.14 bits per heavy atom. The summed E-state index contributed by atoms with van der Waals surface area (Å²) in [5.41, 5.74) is 3.40. The molecule has 6 nitrogen and oxygen atoms in total. The smallest absolute Gasteiger partial charge is 0.135 e. The van der Waals surface area contributed by atoms with Crippen LogP contribution < -0.4 is 4.74 Å². The number of rotatable bonds is 4. The van der Waals surface area contributed by atoms with Crippen molar-refractivity contribution in [1.29, 1.82) is 0 Å². The van der Waals surface area contributed by atoms with Gasteiger partial charge in [-0.05, 0) is 42.3 Å². The van der Waals surface area contributed by atoms with E-state index in [1.807, 2.05) is 36.8 Å². The molecule has 4 heterocycles. The minimum atomic E-state index is -0.142. The molecule has 1 spiro atoms. The second kappa shape index (κ2) is 7.04. The molecule has 1 atom stereocenters. The van der Waals surface area contributed by atoms with Crippen LogP contribution >= 0.6 is 0 Å². The van der Waals surface area contributed by atoms with Gasteiger partial charge in [0, 0.05) is 37.6 Å². The van der Waals surface area contributed by atoms with Crippen molar-refractivity contribution >= 4 is 0 Å². The van der Waals surface area contributed by atoms with Crippen LogP contribution in [0.4, 0.5) is 0 Å². The molecule has 1 unspecified atom stereocenters. The number of fused-ring (bicyclic) bond motifs is 1. The summed E-state index contributed by atoms with van der Waals surface area (Å²) in [5.74, 6) is 1.87. The Balaban J connectivity index is 1.35. The lowest BCUT2D eigenvalue weighted by Gasteiger charge is -2.35. The van der Waals surface area contributed by atoms with Crippen molar-refractivity contribution in [3.63, 3.8) is 0 Å². The van der Waals surface area contributed by atoms with Crippen LogP contribution in [0.15, 0.2) is 55.0 Å². The molecule has 0 aliphatic carbocycles. The number of ether oxygens (including phenoxy) is 2. The number of nitrogens with zero attached hydrogens (tertiary/aromatic N) is 4. The highest BCUT2D eigenvalue weighted by Gasteiger charge is 2.43. The highest BCUT2D eigenvalue weighted by Crippen LogP contribution is 2.35. The van der Waals surface area contributed by atoms with Crippen molar-refractivity contribution in [3.8, 4) is 17.0 Å². The van der Waals surface area contributed by atoms with Gasteiger partial charge in [-0.2, -0.15) is 0 Å². The van der Waals surface area contributed by atoms with Gasteiger partial charge in [0.25, 0.3) is 0 Å². The monoisotopic (exact) mass is 376 g/mol. The zero-order valence-electron chi connectivity index (χ0n) is 16.0. The number of methoxy groups -OCH3 is 1. The molecule has 2 aromatic heterocycles. The molecule has 0 radical (unpaired) electrons. The van der Waals surface area contributed by atoms with Gasteiger partial charge in [0.05, 0.1) is 25.5 Å². The summed E-state index contributed by atoms with van der Waals surface area (Å²) < 4.78 is 14.0. The Labute approximate surface area is 164 Å². The summed E-state index contributed by atoms with van der Waals surface area (Å²) in [6.07, 6.45) is 6.76. The van der Waals surface area contributed by atoms with E-state index in [1.54, 1.807) is 7.11 Å². The van der Waals surface area contributed by atoms with E-state index in [-0.39, 0.29) is 5.60 Å². The molecule has 0 amide bonds. The fourth-order valence-electron chi connectivity index (χ4n) is 4.31. The van der Waals surface area contributed by atoms with Crippen LogP contribution in [0.25, 0.3) is 11.3 Å². The maximum Gasteiger partial charge on any atom is 0.135 e. The zero-order valence-corrected chi connectivity index (χ0v) is 16.0. The van der Waals surface area contributed by atoms with Crippen molar-refractivity contribution < 1.29 is 9.47 Å². The van der Waals surface area contributed by atoms with Gasteiger partial charge in [-0.15, -0.1) is 0 Å². The second-order valence-electron chi connectivity index (χ2n) is 7.67. The Hall–Kier alpha value is -2.70. The summed E-state index contributed by atoms with van der Waals surface area (Å²) in [6.45, 7) is 4.30. The van der Waals surface area contributed by atoms with E-state index in [9.17, 15) is 0 Å². The number of benzene rings is 1. The molecule has 6 heteroatoms. The van der Waals surface area contributed by atoms with Crippen molar-refractivity contribution in [3.05, 3.63) is 66.4 Å². The Bertz CT molecular complexity index is 954. The number of pyridine rings is 1. The topological polar surface area (TPSA) is 52.4 Å². The quantitative estimate of drug-likeness (QED) is 0.700. The van der Waals surface area contributed by atoms with Gasteiger partial charge >= 0.3 is 0 Å². The lowest BCUT2D eigenvalue weighted by molar-refractivity contribution is -0.0821. The number of hydrogen-bond acceptors (Lipinski definition) is 5. The van der Waals surface area contributed by atoms with Crippen LogP contribution in [0, 0.1) is 0 Å². The van der Waals surface area contributed by atoms with Crippen molar-refractivity contribution in [2.45, 2.75) is 31.7 Å². The van der Waals surface area contributed by atoms with Crippen LogP contribution in [-0.4, -0.2) is 45.2 Å². The van der Waals surface area contributed by atoms with Crippen LogP contribution in [0.2, 0.25) is 0 Å². The highest BCUT2D eigenvalue weighted by molar-refractivity contribution is 5.60. The van der Waals surface area contributed by atoms with E-state index in [0.717, 1.165) is 55.4 Å². The molecule has 1 aromatic carbocycles. The zero-order chi connectivity index (χ0) is 19.0. The predicted molar refractivity (Wildman–Crippen MR) is 106 cm³/mol. The van der Waals surface area contributed by atoms with E-state index >= 15 is 0 Å². The van der Waals surface area contributed by atoms with Gasteiger partial charge in [-0.25, -0.2) is 4.98 Å². The van der Waals surface area contributed by atoms with E-state index in [4.69, 9.17) is 9.47 Å². The first kappa shape index (κ1) is 17.4. The van der Waals surface area contributed by atoms with Crippen molar-refractivity contribution in [2.75, 3.05) is 20.2 Å². The van der Waals surface area contributed by atoms with E-state index in [0.29, 0.717) is 6.61 Å². The fraction of sp³-hybridized carbons (Fsp3) is 0.364. The minimum absolute atomic E-state index is 0.142. The average molecular weight is 376 g/mol. The molecule has 2 aliphatic heterocycles. The van der Waals surface area contributed by atoms with E-state index in [2.05, 4.69) is 37.6 Å². The minimum Gasteiger partial charge on any atom is -0.497 e. The van der Waals surface area contributed by atoms with E-state index in [1.165, 1.54) is 5.56 Å². The molecule has 0 bridgehead atoms. The molecule has 5 rings (SSSR count). The summed E-state index contributed by atoms with van der Waals surface area (Å²) in [6, 6.07) is 12.3. The Kier molecular flexibility index (Phi) is 4.37. The molecule has 144 valence electrons. The van der Waals surface area contributed by atoms with Crippen LogP contribution in [0.5, 0.6) is 5.75 Å². The molecule has 1 saturated heterocycles. The van der Waals surface area contributed by atoms with Gasteiger partial charge < -0.3 is 14.0 Å². The number of aromatic nitrogens is 3. The summed E-state index contributed by atoms with van der Waals surface area (Å²) >= 11 is 0. The van der Waals surface area contributed by atoms with Crippen LogP contribution in [-0.2, 0) is 24.4 Å². The van der Waals surface area contributed by atoms with Gasteiger partial charge in [0.1, 0.15) is 23.8 Å². The number of likely N-dealkylation sites (tertiary alicyclic amines) is 1. The molecule has 0 saturated carbocycles. The molecule has 0 N–H and O–H groups in total. The highest BCUT2D eigenvalue weighted by atomic mass is 16.5. The summed E-state index contributed by atoms with van der Waals surface area (Å²) in [4.78, 5) is 11.3. The van der Waals surface area contributed by atoms with Gasteiger partial charge in [-0.3, -0.25) is 9.88 Å². The summed E-state index contributed by atoms with van der Waals surface area (Å²) in [7, 11) is 1.69. The standard InChI is InChI=1S/C22H24N4O2/c1-27-19-6-4-18(5-7-19)20-12-24-21-14-28-22(16-26(20)21)8-10-25(15-22)13-17-3-2-9-23-11-17/h2-7,9,11-12H,8,10,13-16H2,1H3. The third kappa shape index (κ3) is 3.19. The first-order valence-corrected chi connectivity index (χ1v) is 9.69. The lowest BCUT2D eigenvalue weighted by atomic mass is 10.0. The van der Waals surface area contributed by atoms with Gasteiger partial charge in [-0.1, -0.05) is 6.07 Å². The second-order valence-corrected chi connectivity index (χ2v) is 7.67. The largest absolute Gasteiger partial charge is 0.497 e. The molecule has 3 aromatic rings. The SMILES string of the molecule is COc1ccc(-c2cnc3n2CC2(CCN(Cc4cccnc4)C2)OC3)cc1. The van der Waals surface area contributed by atoms with Crippen LogP contribution in [0.3, 0.4) is 0 Å². The molecular formula is C22H24N4O2. The maximum absolute atomic E-state index is 6.35. The Morgan fingerprint density at radius 3 is 2.82 bits per heavy atom. The third-order valence-corrected chi connectivity index (χ3v) is 5.80. The van der Waals surface area contributed by atoms with Gasteiger partial charge in [0.2, 0.25) is 0 Å². The molecule has 2 aliphatic rings. The van der Waals surface area contributed by atoms with E-state index < -0.39 is 0 Å². The molecule has 28 heavy (non-hydrogen) atoms. The van der Waals surface area contributed by atoms with Crippen molar-refractivity contribution in [2.24, 2.45) is 0 Å². The average Bonchev–Trinajstić information content (AvgIpc) is 3.33. The summed E-state index contributed by atoms with van der Waals surface area (Å²) in [5, 5.41) is 0. The predicted octanol–water partition coefficient (Wildman–Crippen LogP) is 3.13. The third-order valence-electron chi connectivity index (χ3n) is 5.80. The lowest BCUT2D eigenvalue weighted by Crippen LogP contribution is -2.44. The fourth-order valence-corrected chi connectivity index (χ4v) is 4.31. The molecular weight excluding hydrogens is 352 g/mol. The number of imidazole rings is 1. The van der Waals surface area contributed by atoms with Crippen molar-refractivity contribution in [1.82, 2.24) is 19.4 Å².